The molecule has 1 N–H and O–H groups in total. The second kappa shape index (κ2) is 3.74. The normalized spacial score (nSPS) is 15.0. The topological polar surface area (TPSA) is 86.1 Å². The van der Waals surface area contributed by atoms with Crippen LogP contribution in [-0.4, -0.2) is 17.1 Å². The van der Waals surface area contributed by atoms with Gasteiger partial charge in [-0.25, -0.2) is 0 Å². The van der Waals surface area contributed by atoms with Crippen LogP contribution in [0.5, 0.6) is 0 Å². The van der Waals surface area contributed by atoms with Gasteiger partial charge in [0.05, 0.1) is 5.92 Å². The zero-order valence-electron chi connectivity index (χ0n) is 5.85. The van der Waals surface area contributed by atoms with Crippen LogP contribution in [0.2, 0.25) is 0 Å². The Morgan fingerprint density at radius 1 is 1.70 bits per heavy atom. The van der Waals surface area contributed by atoms with E-state index in [1.165, 1.54) is 6.92 Å². The van der Waals surface area contributed by atoms with Crippen molar-refractivity contribution < 1.29 is 9.90 Å². The number of hydrogen-bond donors (Lipinski definition) is 1. The van der Waals surface area contributed by atoms with E-state index in [1.54, 1.807) is 6.92 Å². The summed E-state index contributed by atoms with van der Waals surface area (Å²) < 4.78 is 0. The van der Waals surface area contributed by atoms with Crippen molar-refractivity contribution >= 4 is 5.97 Å². The van der Waals surface area contributed by atoms with Crippen molar-refractivity contribution in [2.75, 3.05) is 0 Å². The molecule has 10 heavy (non-hydrogen) atoms. The lowest BCUT2D eigenvalue weighted by molar-refractivity contribution is -0.141. The fourth-order valence-electron chi connectivity index (χ4n) is 0.388. The van der Waals surface area contributed by atoms with Crippen LogP contribution in [-0.2, 0) is 4.79 Å². The Hall–Kier alpha value is -1.22. The smallest absolute Gasteiger partial charge is 0.306 e. The minimum absolute atomic E-state index is 0.484. The number of azide groups is 1. The third-order valence-electron chi connectivity index (χ3n) is 1.35. The first kappa shape index (κ1) is 8.78. The van der Waals surface area contributed by atoms with Gasteiger partial charge >= 0.3 is 5.97 Å². The summed E-state index contributed by atoms with van der Waals surface area (Å²) in [5.74, 6) is -1.56. The lowest BCUT2D eigenvalue weighted by atomic mass is 10.1. The highest BCUT2D eigenvalue weighted by Crippen LogP contribution is 2.05. The molecule has 0 saturated carbocycles. The second-order valence-electron chi connectivity index (χ2n) is 2.07. The molecule has 5 heteroatoms. The maximum absolute atomic E-state index is 10.2. The van der Waals surface area contributed by atoms with Crippen LogP contribution >= 0.6 is 0 Å². The number of rotatable bonds is 3. The maximum atomic E-state index is 10.2. The summed E-state index contributed by atoms with van der Waals surface area (Å²) in [5.41, 5.74) is 7.93. The molecule has 0 bridgehead atoms. The third kappa shape index (κ3) is 2.37. The molecule has 0 rings (SSSR count). The van der Waals surface area contributed by atoms with Gasteiger partial charge in [-0.2, -0.15) is 0 Å². The van der Waals surface area contributed by atoms with Crippen LogP contribution in [0.15, 0.2) is 5.11 Å². The zero-order valence-corrected chi connectivity index (χ0v) is 5.85. The summed E-state index contributed by atoms with van der Waals surface area (Å²) in [6, 6.07) is -0.484. The summed E-state index contributed by atoms with van der Waals surface area (Å²) in [5, 5.41) is 11.6. The Kier molecular flexibility index (Phi) is 3.28. The maximum Gasteiger partial charge on any atom is 0.306 e. The standard InChI is InChI=1S/C5H9N3O2/c1-3(5(9)10)4(2)7-8-6/h3-4H,1-2H3,(H,9,10). The van der Waals surface area contributed by atoms with Gasteiger partial charge < -0.3 is 5.11 Å². The van der Waals surface area contributed by atoms with Crippen molar-refractivity contribution in [3.63, 3.8) is 0 Å². The monoisotopic (exact) mass is 143 g/mol. The van der Waals surface area contributed by atoms with Gasteiger partial charge in [-0.3, -0.25) is 4.79 Å². The van der Waals surface area contributed by atoms with Crippen LogP contribution in [0.4, 0.5) is 0 Å². The van der Waals surface area contributed by atoms with Crippen molar-refractivity contribution in [3.05, 3.63) is 10.4 Å². The molecule has 0 saturated heterocycles. The molecular weight excluding hydrogens is 134 g/mol. The van der Waals surface area contributed by atoms with Crippen LogP contribution in [0, 0.1) is 5.92 Å². The van der Waals surface area contributed by atoms with E-state index in [-0.39, 0.29) is 0 Å². The Labute approximate surface area is 58.3 Å². The van der Waals surface area contributed by atoms with Gasteiger partial charge in [0.25, 0.3) is 0 Å². The molecule has 0 aliphatic heterocycles. The van der Waals surface area contributed by atoms with E-state index in [9.17, 15) is 4.79 Å². The molecule has 0 aliphatic carbocycles. The first-order valence-electron chi connectivity index (χ1n) is 2.86. The highest BCUT2D eigenvalue weighted by atomic mass is 16.4. The number of carbonyl (C=O) groups is 1. The summed E-state index contributed by atoms with van der Waals surface area (Å²) in [6.07, 6.45) is 0. The minimum atomic E-state index is -0.945. The fraction of sp³-hybridized carbons (Fsp3) is 0.800. The van der Waals surface area contributed by atoms with E-state index in [0.29, 0.717) is 0 Å². The minimum Gasteiger partial charge on any atom is -0.481 e. The molecule has 5 nitrogen and oxygen atoms in total. The van der Waals surface area contributed by atoms with Gasteiger partial charge in [-0.05, 0) is 5.53 Å². The van der Waals surface area contributed by atoms with E-state index in [4.69, 9.17) is 10.6 Å². The van der Waals surface area contributed by atoms with Gasteiger partial charge in [0.1, 0.15) is 0 Å². The molecule has 0 amide bonds. The summed E-state index contributed by atoms with van der Waals surface area (Å²) in [4.78, 5) is 12.7. The number of aliphatic carboxylic acids is 1. The third-order valence-corrected chi connectivity index (χ3v) is 1.35. The van der Waals surface area contributed by atoms with Crippen molar-refractivity contribution in [1.29, 1.82) is 0 Å². The number of carboxylic acid groups (broad SMARTS) is 1. The van der Waals surface area contributed by atoms with Crippen LogP contribution in [0.1, 0.15) is 13.8 Å². The van der Waals surface area contributed by atoms with Gasteiger partial charge in [0.15, 0.2) is 0 Å². The van der Waals surface area contributed by atoms with E-state index >= 15 is 0 Å². The average molecular weight is 143 g/mol. The number of nitrogens with zero attached hydrogens (tertiary/aromatic N) is 3. The average Bonchev–Trinajstić information content (AvgIpc) is 1.87. The first-order valence-corrected chi connectivity index (χ1v) is 2.86. The Morgan fingerprint density at radius 3 is 2.50 bits per heavy atom. The summed E-state index contributed by atoms with van der Waals surface area (Å²) >= 11 is 0. The predicted molar refractivity (Wildman–Crippen MR) is 35.4 cm³/mol. The van der Waals surface area contributed by atoms with Gasteiger partial charge in [0, 0.05) is 11.0 Å². The van der Waals surface area contributed by atoms with Crippen molar-refractivity contribution in [2.24, 2.45) is 11.0 Å². The molecule has 0 radical (unpaired) electrons. The van der Waals surface area contributed by atoms with E-state index in [2.05, 4.69) is 10.0 Å². The highest BCUT2D eigenvalue weighted by Gasteiger charge is 2.17. The largest absolute Gasteiger partial charge is 0.481 e. The Balaban J connectivity index is 4.06. The van der Waals surface area contributed by atoms with Crippen LogP contribution in [0.3, 0.4) is 0 Å². The SMILES string of the molecule is CC(N=[N+]=[N-])C(C)C(=O)O. The lowest BCUT2D eigenvalue weighted by Gasteiger charge is -2.07. The molecular formula is C5H9N3O2. The number of carboxylic acids is 1. The molecule has 2 unspecified atom stereocenters. The zero-order chi connectivity index (χ0) is 8.15. The van der Waals surface area contributed by atoms with Crippen molar-refractivity contribution in [3.8, 4) is 0 Å². The van der Waals surface area contributed by atoms with E-state index < -0.39 is 17.9 Å². The number of hydrogen-bond acceptors (Lipinski definition) is 2. The molecule has 0 spiro atoms. The molecule has 0 heterocycles. The summed E-state index contributed by atoms with van der Waals surface area (Å²) in [7, 11) is 0. The van der Waals surface area contributed by atoms with Crippen molar-refractivity contribution in [2.45, 2.75) is 19.9 Å². The molecule has 0 aromatic heterocycles. The van der Waals surface area contributed by atoms with E-state index in [1.807, 2.05) is 0 Å². The molecule has 0 aromatic carbocycles. The predicted octanol–water partition coefficient (Wildman–Crippen LogP) is 1.41. The lowest BCUT2D eigenvalue weighted by Crippen LogP contribution is -2.20. The van der Waals surface area contributed by atoms with Crippen LogP contribution in [0.25, 0.3) is 10.4 Å². The van der Waals surface area contributed by atoms with Gasteiger partial charge in [-0.15, -0.1) is 0 Å². The summed E-state index contributed by atoms with van der Waals surface area (Å²) in [6.45, 7) is 3.07. The van der Waals surface area contributed by atoms with Gasteiger partial charge in [-0.1, -0.05) is 19.0 Å². The molecule has 56 valence electrons. The fourth-order valence-corrected chi connectivity index (χ4v) is 0.388. The molecule has 0 aromatic rings. The molecule has 0 fully saturated rings. The molecule has 0 aliphatic rings. The Morgan fingerprint density at radius 2 is 2.20 bits per heavy atom. The quantitative estimate of drug-likeness (QED) is 0.367. The van der Waals surface area contributed by atoms with Gasteiger partial charge in [0.2, 0.25) is 0 Å². The first-order chi connectivity index (χ1) is 4.59. The van der Waals surface area contributed by atoms with Crippen molar-refractivity contribution in [1.82, 2.24) is 0 Å². The Bertz CT molecular complexity index is 168. The second-order valence-corrected chi connectivity index (χ2v) is 2.07. The van der Waals surface area contributed by atoms with E-state index in [0.717, 1.165) is 0 Å². The molecule has 2 atom stereocenters. The highest BCUT2D eigenvalue weighted by molar-refractivity contribution is 5.70. The van der Waals surface area contributed by atoms with Crippen LogP contribution < -0.4 is 0 Å².